The number of methoxy groups -OCH3 is 1. The number of nitrogens with zero attached hydrogens (tertiary/aromatic N) is 1. The molecule has 0 saturated carbocycles. The lowest BCUT2D eigenvalue weighted by Gasteiger charge is -2.12. The van der Waals surface area contributed by atoms with Crippen LogP contribution >= 0.6 is 11.6 Å². The van der Waals surface area contributed by atoms with E-state index in [0.29, 0.717) is 28.7 Å². The van der Waals surface area contributed by atoms with E-state index in [1.165, 1.54) is 7.11 Å². The van der Waals surface area contributed by atoms with Crippen molar-refractivity contribution in [2.75, 3.05) is 7.11 Å². The van der Waals surface area contributed by atoms with E-state index in [1.54, 1.807) is 18.2 Å². The van der Waals surface area contributed by atoms with Crippen LogP contribution in [0.15, 0.2) is 42.5 Å². The van der Waals surface area contributed by atoms with E-state index in [4.69, 9.17) is 26.3 Å². The Morgan fingerprint density at radius 1 is 1.11 bits per heavy atom. The summed E-state index contributed by atoms with van der Waals surface area (Å²) >= 11 is 5.87. The largest absolute Gasteiger partial charge is 0.493 e. The number of para-hydroxylation sites is 1. The lowest BCUT2D eigenvalue weighted by Crippen LogP contribution is -1.93. The average Bonchev–Trinajstić information content (AvgIpc) is 2.48. The topological polar surface area (TPSA) is 42.2 Å². The summed E-state index contributed by atoms with van der Waals surface area (Å²) in [6.07, 6.45) is 0. The van der Waals surface area contributed by atoms with Crippen LogP contribution in [0.1, 0.15) is 11.1 Å². The first kappa shape index (κ1) is 13.3. The second-order valence-corrected chi connectivity index (χ2v) is 4.09. The third-order valence-electron chi connectivity index (χ3n) is 2.63. The number of hydrogen-bond acceptors (Lipinski definition) is 3. The summed E-state index contributed by atoms with van der Waals surface area (Å²) in [5.74, 6) is 2.12. The number of rotatable bonds is 4. The molecule has 0 aliphatic carbocycles. The maximum Gasteiger partial charge on any atom is 0.169 e. The SMILES string of the molecule is COc1cc(C#N)ccc1Oc1ccccc1CCl. The molecule has 0 radical (unpaired) electrons. The van der Waals surface area contributed by atoms with Crippen LogP contribution in [0.25, 0.3) is 0 Å². The smallest absolute Gasteiger partial charge is 0.169 e. The molecule has 0 aliphatic heterocycles. The van der Waals surface area contributed by atoms with Gasteiger partial charge in [-0.05, 0) is 18.2 Å². The van der Waals surface area contributed by atoms with Gasteiger partial charge in [-0.15, -0.1) is 11.6 Å². The van der Waals surface area contributed by atoms with Crippen molar-refractivity contribution < 1.29 is 9.47 Å². The van der Waals surface area contributed by atoms with Gasteiger partial charge in [0.1, 0.15) is 5.75 Å². The Balaban J connectivity index is 2.35. The number of halogens is 1. The molecule has 0 fully saturated rings. The van der Waals surface area contributed by atoms with Crippen LogP contribution in [0, 0.1) is 11.3 Å². The van der Waals surface area contributed by atoms with E-state index in [2.05, 4.69) is 6.07 Å². The zero-order valence-electron chi connectivity index (χ0n) is 10.4. The molecule has 0 aromatic heterocycles. The van der Waals surface area contributed by atoms with Crippen LogP contribution in [0.5, 0.6) is 17.2 Å². The van der Waals surface area contributed by atoms with Gasteiger partial charge in [0.05, 0.1) is 24.6 Å². The molecule has 0 unspecified atom stereocenters. The summed E-state index contributed by atoms with van der Waals surface area (Å²) in [6.45, 7) is 0. The van der Waals surface area contributed by atoms with Crippen LogP contribution in [0.3, 0.4) is 0 Å². The van der Waals surface area contributed by atoms with Gasteiger partial charge in [0, 0.05) is 11.6 Å². The van der Waals surface area contributed by atoms with Crippen LogP contribution in [-0.2, 0) is 5.88 Å². The molecule has 2 rings (SSSR count). The maximum absolute atomic E-state index is 8.86. The summed E-state index contributed by atoms with van der Waals surface area (Å²) < 4.78 is 11.0. The van der Waals surface area contributed by atoms with Gasteiger partial charge >= 0.3 is 0 Å². The van der Waals surface area contributed by atoms with Crippen molar-refractivity contribution in [2.45, 2.75) is 5.88 Å². The number of nitriles is 1. The minimum absolute atomic E-state index is 0.370. The molecule has 2 aromatic carbocycles. The minimum Gasteiger partial charge on any atom is -0.493 e. The first-order chi connectivity index (χ1) is 9.28. The second-order valence-electron chi connectivity index (χ2n) is 3.82. The Morgan fingerprint density at radius 2 is 1.89 bits per heavy atom. The molecule has 0 atom stereocenters. The Morgan fingerprint density at radius 3 is 2.58 bits per heavy atom. The second kappa shape index (κ2) is 6.12. The highest BCUT2D eigenvalue weighted by Crippen LogP contribution is 2.34. The van der Waals surface area contributed by atoms with Crippen molar-refractivity contribution in [1.82, 2.24) is 0 Å². The number of alkyl halides is 1. The molecule has 4 heteroatoms. The van der Waals surface area contributed by atoms with Gasteiger partial charge < -0.3 is 9.47 Å². The highest BCUT2D eigenvalue weighted by molar-refractivity contribution is 6.17. The monoisotopic (exact) mass is 273 g/mol. The van der Waals surface area contributed by atoms with Crippen LogP contribution in [-0.4, -0.2) is 7.11 Å². The molecule has 19 heavy (non-hydrogen) atoms. The van der Waals surface area contributed by atoms with Gasteiger partial charge in [0.15, 0.2) is 11.5 Å². The molecule has 96 valence electrons. The molecule has 0 spiro atoms. The summed E-state index contributed by atoms with van der Waals surface area (Å²) in [5, 5.41) is 8.86. The normalized spacial score (nSPS) is 9.74. The molecule has 0 amide bonds. The van der Waals surface area contributed by atoms with Crippen molar-refractivity contribution in [3.8, 4) is 23.3 Å². The quantitative estimate of drug-likeness (QED) is 0.788. The Kier molecular flexibility index (Phi) is 4.27. The van der Waals surface area contributed by atoms with Crippen molar-refractivity contribution in [3.63, 3.8) is 0 Å². The van der Waals surface area contributed by atoms with E-state index in [9.17, 15) is 0 Å². The van der Waals surface area contributed by atoms with E-state index in [-0.39, 0.29) is 0 Å². The molecule has 0 bridgehead atoms. The Hall–Kier alpha value is -2.18. The summed E-state index contributed by atoms with van der Waals surface area (Å²) in [6, 6.07) is 14.6. The van der Waals surface area contributed by atoms with Crippen molar-refractivity contribution in [2.24, 2.45) is 0 Å². The fraction of sp³-hybridized carbons (Fsp3) is 0.133. The average molecular weight is 274 g/mol. The van der Waals surface area contributed by atoms with E-state index < -0.39 is 0 Å². The zero-order valence-corrected chi connectivity index (χ0v) is 11.1. The van der Waals surface area contributed by atoms with Gasteiger partial charge in [0.2, 0.25) is 0 Å². The van der Waals surface area contributed by atoms with Crippen molar-refractivity contribution >= 4 is 11.6 Å². The summed E-state index contributed by atoms with van der Waals surface area (Å²) in [4.78, 5) is 0. The number of ether oxygens (including phenoxy) is 2. The lowest BCUT2D eigenvalue weighted by atomic mass is 10.2. The molecule has 3 nitrogen and oxygen atoms in total. The summed E-state index contributed by atoms with van der Waals surface area (Å²) in [5.41, 5.74) is 1.42. The van der Waals surface area contributed by atoms with Gasteiger partial charge in [-0.1, -0.05) is 18.2 Å². The predicted molar refractivity (Wildman–Crippen MR) is 73.8 cm³/mol. The number of benzene rings is 2. The third kappa shape index (κ3) is 2.98. The van der Waals surface area contributed by atoms with Gasteiger partial charge in [-0.3, -0.25) is 0 Å². The molecule has 0 N–H and O–H groups in total. The lowest BCUT2D eigenvalue weighted by molar-refractivity contribution is 0.378. The standard InChI is InChI=1S/C15H12ClNO2/c1-18-15-8-11(10-17)6-7-14(15)19-13-5-3-2-4-12(13)9-16/h2-8H,9H2,1H3. The summed E-state index contributed by atoms with van der Waals surface area (Å²) in [7, 11) is 1.54. The molecule has 0 aliphatic rings. The highest BCUT2D eigenvalue weighted by Gasteiger charge is 2.09. The molecular weight excluding hydrogens is 262 g/mol. The van der Waals surface area contributed by atoms with Gasteiger partial charge in [0.25, 0.3) is 0 Å². The van der Waals surface area contributed by atoms with Crippen LogP contribution < -0.4 is 9.47 Å². The first-order valence-corrected chi connectivity index (χ1v) is 6.21. The fourth-order valence-electron chi connectivity index (χ4n) is 1.65. The molecule has 0 saturated heterocycles. The van der Waals surface area contributed by atoms with Crippen molar-refractivity contribution in [1.29, 1.82) is 5.26 Å². The fourth-order valence-corrected chi connectivity index (χ4v) is 1.87. The zero-order chi connectivity index (χ0) is 13.7. The van der Waals surface area contributed by atoms with Crippen LogP contribution in [0.2, 0.25) is 0 Å². The van der Waals surface area contributed by atoms with Gasteiger partial charge in [-0.25, -0.2) is 0 Å². The molecule has 2 aromatic rings. The predicted octanol–water partition coefficient (Wildman–Crippen LogP) is 4.10. The van der Waals surface area contributed by atoms with Crippen LogP contribution in [0.4, 0.5) is 0 Å². The molecule has 0 heterocycles. The third-order valence-corrected chi connectivity index (χ3v) is 2.92. The first-order valence-electron chi connectivity index (χ1n) is 5.68. The Labute approximate surface area is 117 Å². The van der Waals surface area contributed by atoms with E-state index in [0.717, 1.165) is 5.56 Å². The minimum atomic E-state index is 0.370. The highest BCUT2D eigenvalue weighted by atomic mass is 35.5. The number of hydrogen-bond donors (Lipinski definition) is 0. The van der Waals surface area contributed by atoms with Crippen molar-refractivity contribution in [3.05, 3.63) is 53.6 Å². The Bertz CT molecular complexity index is 620. The molecular formula is C15H12ClNO2. The van der Waals surface area contributed by atoms with E-state index >= 15 is 0 Å². The van der Waals surface area contributed by atoms with E-state index in [1.807, 2.05) is 24.3 Å². The van der Waals surface area contributed by atoms with Gasteiger partial charge in [-0.2, -0.15) is 5.26 Å². The maximum atomic E-state index is 8.86.